The number of ether oxygens (including phenoxy) is 3. The summed E-state index contributed by atoms with van der Waals surface area (Å²) in [5.74, 6) is -0.212. The molecule has 300 valence electrons. The third-order valence-corrected chi connectivity index (χ3v) is 12.7. The maximum atomic E-state index is 12.7. The number of thioether (sulfide) groups is 1. The van der Waals surface area contributed by atoms with Gasteiger partial charge < -0.3 is 34.6 Å². The second-order valence-corrected chi connectivity index (χ2v) is 16.3. The molecule has 10 heteroatoms. The normalized spacial score (nSPS) is 24.2. The van der Waals surface area contributed by atoms with Crippen LogP contribution in [0.1, 0.15) is 68.9 Å². The van der Waals surface area contributed by atoms with Crippen molar-refractivity contribution in [3.63, 3.8) is 0 Å². The van der Waals surface area contributed by atoms with Crippen LogP contribution in [0.2, 0.25) is 0 Å². The van der Waals surface area contributed by atoms with Crippen LogP contribution in [0.15, 0.2) is 125 Å². The van der Waals surface area contributed by atoms with Gasteiger partial charge in [-0.25, -0.2) is 4.79 Å². The number of hydrogen-bond donors (Lipinski definition) is 3. The van der Waals surface area contributed by atoms with E-state index < -0.39 is 11.9 Å². The van der Waals surface area contributed by atoms with Crippen LogP contribution in [0.5, 0.6) is 11.5 Å². The molecule has 1 saturated carbocycles. The van der Waals surface area contributed by atoms with Gasteiger partial charge in [0.15, 0.2) is 0 Å². The van der Waals surface area contributed by atoms with E-state index in [0.717, 1.165) is 58.4 Å². The fourth-order valence-electron chi connectivity index (χ4n) is 8.94. The summed E-state index contributed by atoms with van der Waals surface area (Å²) in [7, 11) is 0. The monoisotopic (exact) mass is 790 g/mol. The van der Waals surface area contributed by atoms with E-state index in [2.05, 4.69) is 60.4 Å². The highest BCUT2D eigenvalue weighted by Gasteiger charge is 2.64. The number of carbonyl (C=O) groups excluding carboxylic acids is 1. The van der Waals surface area contributed by atoms with Crippen molar-refractivity contribution in [3.05, 3.63) is 126 Å². The Bertz CT molecular complexity index is 2050. The van der Waals surface area contributed by atoms with E-state index in [4.69, 9.17) is 24.2 Å². The van der Waals surface area contributed by atoms with E-state index in [1.165, 1.54) is 5.39 Å². The molecule has 9 nitrogen and oxygen atoms in total. The summed E-state index contributed by atoms with van der Waals surface area (Å²) in [4.78, 5) is 20.0. The highest BCUT2D eigenvalue weighted by atomic mass is 32.2. The number of carbonyl (C=O) groups is 1. The predicted octanol–water partition coefficient (Wildman–Crippen LogP) is 9.57. The van der Waals surface area contributed by atoms with Gasteiger partial charge in [-0.05, 0) is 96.7 Å². The minimum atomic E-state index is -1.14. The summed E-state index contributed by atoms with van der Waals surface area (Å²) in [6.07, 6.45) is 8.99. The van der Waals surface area contributed by atoms with Gasteiger partial charge in [0.25, 0.3) is 0 Å². The molecular formula is C47H54N2O7S. The summed E-state index contributed by atoms with van der Waals surface area (Å²) < 4.78 is 20.2. The van der Waals surface area contributed by atoms with Crippen molar-refractivity contribution in [2.45, 2.75) is 80.3 Å². The van der Waals surface area contributed by atoms with Crippen LogP contribution >= 0.6 is 11.8 Å². The molecule has 0 saturated heterocycles. The second-order valence-electron chi connectivity index (χ2n) is 15.1. The third-order valence-electron chi connectivity index (χ3n) is 11.4. The SMILES string of the molecule is C=CCO[C@@]12Oc3ccc(OC(=O)NCC)cc3[C@H]3[C@H](CCCCO)[C@@H](CCCCO)C=C(C(=NOCc4ccccc4)C[C@@H]1Sc1ccc4ccccc4c1)[C@H]32. The average Bonchev–Trinajstić information content (AvgIpc) is 3.22. The third kappa shape index (κ3) is 9.10. The Morgan fingerprint density at radius 2 is 1.74 bits per heavy atom. The van der Waals surface area contributed by atoms with E-state index in [0.29, 0.717) is 43.9 Å². The summed E-state index contributed by atoms with van der Waals surface area (Å²) >= 11 is 1.73. The first-order valence-corrected chi connectivity index (χ1v) is 21.2. The summed E-state index contributed by atoms with van der Waals surface area (Å²) in [6, 6.07) is 30.6. The molecular weight excluding hydrogens is 737 g/mol. The maximum absolute atomic E-state index is 12.7. The Kier molecular flexibility index (Phi) is 13.7. The molecule has 0 aromatic heterocycles. The number of benzene rings is 4. The first-order chi connectivity index (χ1) is 28.0. The van der Waals surface area contributed by atoms with Crippen LogP contribution in [0, 0.1) is 17.8 Å². The maximum Gasteiger partial charge on any atom is 0.412 e. The van der Waals surface area contributed by atoms with Crippen LogP contribution in [0.4, 0.5) is 4.79 Å². The van der Waals surface area contributed by atoms with Gasteiger partial charge in [0.2, 0.25) is 5.79 Å². The molecule has 4 aromatic rings. The van der Waals surface area contributed by atoms with E-state index in [1.807, 2.05) is 49.4 Å². The van der Waals surface area contributed by atoms with E-state index in [9.17, 15) is 15.0 Å². The molecule has 0 radical (unpaired) electrons. The number of fused-ring (bicyclic) bond motifs is 3. The zero-order valence-electron chi connectivity index (χ0n) is 32.7. The number of aliphatic hydroxyl groups is 2. The quantitative estimate of drug-likeness (QED) is 0.0518. The van der Waals surface area contributed by atoms with Crippen LogP contribution in [-0.2, 0) is 16.2 Å². The summed E-state index contributed by atoms with van der Waals surface area (Å²) in [5, 5.41) is 29.5. The number of nitrogens with zero attached hydrogens (tertiary/aromatic N) is 1. The zero-order valence-corrected chi connectivity index (χ0v) is 33.5. The van der Waals surface area contributed by atoms with Gasteiger partial charge in [-0.2, -0.15) is 0 Å². The Morgan fingerprint density at radius 1 is 0.965 bits per heavy atom. The molecule has 0 bridgehead atoms. The van der Waals surface area contributed by atoms with Crippen LogP contribution in [0.3, 0.4) is 0 Å². The molecule has 57 heavy (non-hydrogen) atoms. The molecule has 0 unspecified atom stereocenters. The largest absolute Gasteiger partial charge is 0.460 e. The number of oxime groups is 1. The van der Waals surface area contributed by atoms with Crippen LogP contribution < -0.4 is 14.8 Å². The number of aliphatic hydroxyl groups excluding tert-OH is 2. The summed E-state index contributed by atoms with van der Waals surface area (Å²) in [6.45, 7) is 7.20. The molecule has 3 N–H and O–H groups in total. The van der Waals surface area contributed by atoms with Crippen molar-refractivity contribution in [1.82, 2.24) is 5.32 Å². The van der Waals surface area contributed by atoms with Crippen LogP contribution in [-0.4, -0.2) is 59.4 Å². The molecule has 3 aliphatic rings. The number of allylic oxidation sites excluding steroid dienone is 1. The molecule has 0 spiro atoms. The Hall–Kier alpha value is -4.61. The molecule has 7 rings (SSSR count). The molecule has 1 heterocycles. The zero-order chi connectivity index (χ0) is 39.6. The van der Waals surface area contributed by atoms with Crippen molar-refractivity contribution in [3.8, 4) is 11.5 Å². The minimum absolute atomic E-state index is 0.119. The van der Waals surface area contributed by atoms with Gasteiger partial charge in [-0.3, -0.25) is 0 Å². The molecule has 6 atom stereocenters. The molecule has 1 amide bonds. The Morgan fingerprint density at radius 3 is 2.51 bits per heavy atom. The van der Waals surface area contributed by atoms with E-state index in [-0.39, 0.29) is 48.7 Å². The number of nitrogens with one attached hydrogen (secondary N) is 1. The van der Waals surface area contributed by atoms with Crippen molar-refractivity contribution < 1.29 is 34.1 Å². The summed E-state index contributed by atoms with van der Waals surface area (Å²) in [5.41, 5.74) is 3.88. The second kappa shape index (κ2) is 19.2. The first kappa shape index (κ1) is 40.6. The van der Waals surface area contributed by atoms with Gasteiger partial charge in [0, 0.05) is 42.6 Å². The number of unbranched alkanes of at least 4 members (excludes halogenated alkanes) is 2. The lowest BCUT2D eigenvalue weighted by Crippen LogP contribution is -2.64. The van der Waals surface area contributed by atoms with Crippen molar-refractivity contribution >= 4 is 34.3 Å². The van der Waals surface area contributed by atoms with Crippen molar-refractivity contribution in [1.29, 1.82) is 0 Å². The van der Waals surface area contributed by atoms with Gasteiger partial charge in [0.05, 0.1) is 23.5 Å². The first-order valence-electron chi connectivity index (χ1n) is 20.3. The highest BCUT2D eigenvalue weighted by molar-refractivity contribution is 8.00. The minimum Gasteiger partial charge on any atom is -0.460 e. The fraction of sp³-hybridized carbons (Fsp3) is 0.404. The highest BCUT2D eigenvalue weighted by Crippen LogP contribution is 2.63. The number of amides is 1. The smallest absolute Gasteiger partial charge is 0.412 e. The molecule has 1 aliphatic heterocycles. The van der Waals surface area contributed by atoms with Gasteiger partial charge in [0.1, 0.15) is 18.1 Å². The van der Waals surface area contributed by atoms with Crippen molar-refractivity contribution in [2.75, 3.05) is 26.4 Å². The lowest BCUT2D eigenvalue weighted by Gasteiger charge is -2.58. The predicted molar refractivity (Wildman–Crippen MR) is 226 cm³/mol. The van der Waals surface area contributed by atoms with E-state index in [1.54, 1.807) is 23.9 Å². The standard InChI is InChI=1S/C47H54N2O7S/c1-3-26-53-47-43(57-37-22-20-33-16-8-9-17-34(33)27-37)30-41(49-54-31-32-14-6-5-7-15-32)39-28-35(18-10-12-24-50)38(19-11-13-25-51)44(45(39)47)40-29-36(21-23-42(40)56-47)55-46(52)48-4-2/h3,5-9,14-17,20-23,27-29,35,38,43-45,50-51H,1,4,10-13,18-19,24-26,30-31H2,2H3,(H,48,52)/t35-,38+,43-,44+,45+,47+/m0/s1. The number of rotatable bonds is 18. The van der Waals surface area contributed by atoms with Gasteiger partial charge in [-0.15, -0.1) is 18.3 Å². The number of hydrogen-bond acceptors (Lipinski definition) is 9. The Balaban J connectivity index is 1.41. The topological polar surface area (TPSA) is 119 Å². The van der Waals surface area contributed by atoms with Crippen LogP contribution in [0.25, 0.3) is 10.8 Å². The van der Waals surface area contributed by atoms with Gasteiger partial charge >= 0.3 is 6.09 Å². The van der Waals surface area contributed by atoms with Gasteiger partial charge in [-0.1, -0.05) is 90.8 Å². The molecule has 4 aromatic carbocycles. The fourth-order valence-corrected chi connectivity index (χ4v) is 10.3. The lowest BCUT2D eigenvalue weighted by molar-refractivity contribution is -0.223. The molecule has 2 aliphatic carbocycles. The average molecular weight is 791 g/mol. The van der Waals surface area contributed by atoms with Crippen molar-refractivity contribution in [2.24, 2.45) is 22.9 Å². The Labute approximate surface area is 340 Å². The molecule has 1 fully saturated rings. The van der Waals surface area contributed by atoms with E-state index >= 15 is 0 Å². The lowest BCUT2D eigenvalue weighted by atomic mass is 9.56.